The van der Waals surface area contributed by atoms with Gasteiger partial charge < -0.3 is 10.6 Å². The van der Waals surface area contributed by atoms with Crippen LogP contribution in [0.2, 0.25) is 0 Å². The van der Waals surface area contributed by atoms with Crippen LogP contribution < -0.4 is 16.1 Å². The molecule has 0 bridgehead atoms. The van der Waals surface area contributed by atoms with Crippen molar-refractivity contribution >= 4 is 23.8 Å². The monoisotopic (exact) mass is 403 g/mol. The Morgan fingerprint density at radius 2 is 1.79 bits per heavy atom. The summed E-state index contributed by atoms with van der Waals surface area (Å²) in [6.07, 6.45) is 1.84. The quantitative estimate of drug-likeness (QED) is 0.491. The van der Waals surface area contributed by atoms with Crippen LogP contribution >= 0.6 is 0 Å². The van der Waals surface area contributed by atoms with Crippen LogP contribution in [0, 0.1) is 0 Å². The number of hydrogen-bond donors (Lipinski definition) is 3. The number of nitrogens with zero attached hydrogens (tertiary/aromatic N) is 2. The molecule has 1 aliphatic heterocycles. The van der Waals surface area contributed by atoms with E-state index in [4.69, 9.17) is 0 Å². The summed E-state index contributed by atoms with van der Waals surface area (Å²) in [7, 11) is 1.61. The standard InChI is InChI=1S/C20H29N5O4/c1-4-12-21-16(26)13-24(3)14-17(27)23-25-18(28)20(2,22-19(25)29)11-10-15-8-6-5-7-9-15/h5-9H,4,10-14H2,1-3H3,(H,21,26)(H,22,29)(H,23,27). The van der Waals surface area contributed by atoms with Crippen molar-refractivity contribution in [3.8, 4) is 0 Å². The lowest BCUT2D eigenvalue weighted by atomic mass is 9.93. The number of nitrogens with one attached hydrogen (secondary N) is 3. The first-order valence-electron chi connectivity index (χ1n) is 9.70. The molecule has 0 spiro atoms. The average molecular weight is 403 g/mol. The van der Waals surface area contributed by atoms with Crippen molar-refractivity contribution in [1.29, 1.82) is 0 Å². The molecule has 1 atom stereocenters. The smallest absolute Gasteiger partial charge is 0.344 e. The molecule has 2 rings (SSSR count). The highest BCUT2D eigenvalue weighted by atomic mass is 16.2. The molecule has 0 aromatic heterocycles. The van der Waals surface area contributed by atoms with Gasteiger partial charge in [-0.1, -0.05) is 37.3 Å². The van der Waals surface area contributed by atoms with Gasteiger partial charge in [0, 0.05) is 6.54 Å². The minimum absolute atomic E-state index is 0.0440. The van der Waals surface area contributed by atoms with Gasteiger partial charge in [0.2, 0.25) is 5.91 Å². The Morgan fingerprint density at radius 1 is 1.14 bits per heavy atom. The fraction of sp³-hybridized carbons (Fsp3) is 0.500. The molecule has 0 radical (unpaired) electrons. The predicted molar refractivity (Wildman–Crippen MR) is 107 cm³/mol. The number of carbonyl (C=O) groups excluding carboxylic acids is 4. The summed E-state index contributed by atoms with van der Waals surface area (Å²) < 4.78 is 0. The highest BCUT2D eigenvalue weighted by molar-refractivity contribution is 6.07. The van der Waals surface area contributed by atoms with Gasteiger partial charge in [0.25, 0.3) is 11.8 Å². The molecule has 1 heterocycles. The molecule has 1 aromatic carbocycles. The van der Waals surface area contributed by atoms with Crippen molar-refractivity contribution in [3.63, 3.8) is 0 Å². The van der Waals surface area contributed by atoms with Crippen molar-refractivity contribution in [2.24, 2.45) is 0 Å². The van der Waals surface area contributed by atoms with E-state index < -0.39 is 23.4 Å². The van der Waals surface area contributed by atoms with Crippen molar-refractivity contribution in [1.82, 2.24) is 26.0 Å². The summed E-state index contributed by atoms with van der Waals surface area (Å²) in [5.41, 5.74) is 2.30. The van der Waals surface area contributed by atoms with Gasteiger partial charge in [0.1, 0.15) is 5.54 Å². The van der Waals surface area contributed by atoms with Crippen LogP contribution in [0.4, 0.5) is 4.79 Å². The van der Waals surface area contributed by atoms with Gasteiger partial charge in [-0.2, -0.15) is 5.01 Å². The Balaban J connectivity index is 1.87. The zero-order valence-corrected chi connectivity index (χ0v) is 17.2. The number of likely N-dealkylation sites (N-methyl/N-ethyl adjacent to an activating group) is 1. The molecule has 1 aliphatic rings. The largest absolute Gasteiger partial charge is 0.355 e. The lowest BCUT2D eigenvalue weighted by Crippen LogP contribution is -2.51. The van der Waals surface area contributed by atoms with E-state index in [-0.39, 0.29) is 19.0 Å². The number of carbonyl (C=O) groups is 4. The fourth-order valence-corrected chi connectivity index (χ4v) is 3.02. The maximum absolute atomic E-state index is 12.7. The summed E-state index contributed by atoms with van der Waals surface area (Å²) in [6.45, 7) is 4.08. The Kier molecular flexibility index (Phi) is 7.72. The normalized spacial score (nSPS) is 18.7. The van der Waals surface area contributed by atoms with Gasteiger partial charge in [-0.25, -0.2) is 4.79 Å². The second-order valence-corrected chi connectivity index (χ2v) is 7.45. The number of benzene rings is 1. The van der Waals surface area contributed by atoms with Crippen LogP contribution in [0.5, 0.6) is 0 Å². The van der Waals surface area contributed by atoms with E-state index in [1.807, 2.05) is 37.3 Å². The third-order valence-corrected chi connectivity index (χ3v) is 4.65. The highest BCUT2D eigenvalue weighted by Gasteiger charge is 2.48. The van der Waals surface area contributed by atoms with E-state index in [1.165, 1.54) is 4.90 Å². The number of aryl methyl sites for hydroxylation is 1. The van der Waals surface area contributed by atoms with Crippen LogP contribution in [0.25, 0.3) is 0 Å². The molecule has 1 fully saturated rings. The maximum atomic E-state index is 12.7. The first-order valence-corrected chi connectivity index (χ1v) is 9.70. The fourth-order valence-electron chi connectivity index (χ4n) is 3.02. The van der Waals surface area contributed by atoms with Crippen molar-refractivity contribution in [2.75, 3.05) is 26.7 Å². The SMILES string of the molecule is CCCNC(=O)CN(C)CC(=O)NN1C(=O)NC(C)(CCc2ccccc2)C1=O. The molecule has 1 unspecified atom stereocenters. The Morgan fingerprint density at radius 3 is 2.45 bits per heavy atom. The van der Waals surface area contributed by atoms with Crippen LogP contribution in [0.3, 0.4) is 0 Å². The topological polar surface area (TPSA) is 111 Å². The molecule has 3 N–H and O–H groups in total. The second-order valence-electron chi connectivity index (χ2n) is 7.45. The molecule has 158 valence electrons. The van der Waals surface area contributed by atoms with Crippen molar-refractivity contribution < 1.29 is 19.2 Å². The Bertz CT molecular complexity index is 754. The molecule has 0 aliphatic carbocycles. The predicted octanol–water partition coefficient (Wildman–Crippen LogP) is 0.419. The summed E-state index contributed by atoms with van der Waals surface area (Å²) >= 11 is 0. The summed E-state index contributed by atoms with van der Waals surface area (Å²) in [5.74, 6) is -1.24. The van der Waals surface area contributed by atoms with Gasteiger partial charge in [0.15, 0.2) is 0 Å². The molecule has 29 heavy (non-hydrogen) atoms. The number of amides is 5. The third-order valence-electron chi connectivity index (χ3n) is 4.65. The van der Waals surface area contributed by atoms with E-state index >= 15 is 0 Å². The molecule has 0 saturated carbocycles. The van der Waals surface area contributed by atoms with Crippen molar-refractivity contribution in [2.45, 2.75) is 38.6 Å². The molecule has 9 nitrogen and oxygen atoms in total. The van der Waals surface area contributed by atoms with Gasteiger partial charge in [-0.3, -0.25) is 24.7 Å². The number of imide groups is 1. The van der Waals surface area contributed by atoms with Gasteiger partial charge in [-0.05, 0) is 38.8 Å². The Hall–Kier alpha value is -2.94. The zero-order chi connectivity index (χ0) is 21.4. The molecule has 9 heteroatoms. The summed E-state index contributed by atoms with van der Waals surface area (Å²) in [6, 6.07) is 8.99. The van der Waals surface area contributed by atoms with E-state index in [1.54, 1.807) is 14.0 Å². The van der Waals surface area contributed by atoms with Gasteiger partial charge >= 0.3 is 6.03 Å². The number of urea groups is 1. The van der Waals surface area contributed by atoms with E-state index in [0.717, 1.165) is 17.0 Å². The number of hydrogen-bond acceptors (Lipinski definition) is 5. The minimum atomic E-state index is -1.09. The molecule has 1 aromatic rings. The molecule has 5 amide bonds. The average Bonchev–Trinajstić information content (AvgIpc) is 2.89. The zero-order valence-electron chi connectivity index (χ0n) is 17.2. The summed E-state index contributed by atoms with van der Waals surface area (Å²) in [4.78, 5) is 50.4. The number of hydrazine groups is 1. The molecular weight excluding hydrogens is 374 g/mol. The first kappa shape index (κ1) is 22.4. The van der Waals surface area contributed by atoms with E-state index in [9.17, 15) is 19.2 Å². The van der Waals surface area contributed by atoms with Gasteiger partial charge in [0.05, 0.1) is 13.1 Å². The third kappa shape index (κ3) is 6.28. The van der Waals surface area contributed by atoms with Crippen LogP contribution in [-0.2, 0) is 20.8 Å². The second kappa shape index (κ2) is 10.0. The van der Waals surface area contributed by atoms with Crippen LogP contribution in [0.1, 0.15) is 32.3 Å². The lowest BCUT2D eigenvalue weighted by molar-refractivity contribution is -0.139. The Labute approximate surface area is 170 Å². The molecule has 1 saturated heterocycles. The van der Waals surface area contributed by atoms with E-state index in [2.05, 4.69) is 16.1 Å². The van der Waals surface area contributed by atoms with Crippen molar-refractivity contribution in [3.05, 3.63) is 35.9 Å². The lowest BCUT2D eigenvalue weighted by Gasteiger charge is -2.22. The number of rotatable bonds is 10. The first-order chi connectivity index (χ1) is 13.7. The van der Waals surface area contributed by atoms with Crippen LogP contribution in [-0.4, -0.2) is 65.9 Å². The summed E-state index contributed by atoms with van der Waals surface area (Å²) in [5, 5.41) is 6.10. The van der Waals surface area contributed by atoms with Crippen LogP contribution in [0.15, 0.2) is 30.3 Å². The highest BCUT2D eigenvalue weighted by Crippen LogP contribution is 2.22. The van der Waals surface area contributed by atoms with E-state index in [0.29, 0.717) is 19.4 Å². The minimum Gasteiger partial charge on any atom is -0.355 e. The molecular formula is C20H29N5O4. The van der Waals surface area contributed by atoms with Gasteiger partial charge in [-0.15, -0.1) is 0 Å². The maximum Gasteiger partial charge on any atom is 0.344 e.